The van der Waals surface area contributed by atoms with Gasteiger partial charge >= 0.3 is 0 Å². The van der Waals surface area contributed by atoms with E-state index in [0.29, 0.717) is 12.1 Å². The van der Waals surface area contributed by atoms with Crippen LogP contribution in [0.1, 0.15) is 31.4 Å². The van der Waals surface area contributed by atoms with Crippen LogP contribution >= 0.6 is 0 Å². The normalized spacial score (nSPS) is 12.8. The Hall–Kier alpha value is -3.72. The maximum Gasteiger partial charge on any atom is 0.244 e. The van der Waals surface area contributed by atoms with E-state index >= 15 is 0 Å². The van der Waals surface area contributed by atoms with Crippen LogP contribution in [0.4, 0.5) is 10.1 Å². The summed E-state index contributed by atoms with van der Waals surface area (Å²) < 4.78 is 41.1. The molecule has 202 valence electrons. The molecule has 0 unspecified atom stereocenters. The lowest BCUT2D eigenvalue weighted by Gasteiger charge is -2.34. The van der Waals surface area contributed by atoms with E-state index in [1.807, 2.05) is 44.2 Å². The molecule has 0 aromatic heterocycles. The van der Waals surface area contributed by atoms with Gasteiger partial charge in [-0.15, -0.1) is 0 Å². The predicted molar refractivity (Wildman–Crippen MR) is 147 cm³/mol. The summed E-state index contributed by atoms with van der Waals surface area (Å²) in [4.78, 5) is 28.7. The zero-order chi connectivity index (χ0) is 27.7. The first-order valence-corrected chi connectivity index (χ1v) is 14.3. The average Bonchev–Trinajstić information content (AvgIpc) is 2.90. The van der Waals surface area contributed by atoms with Gasteiger partial charge in [0.25, 0.3) is 0 Å². The number of rotatable bonds is 12. The number of carbonyl (C=O) groups excluding carboxylic acids is 2. The minimum Gasteiger partial charge on any atom is -0.352 e. The number of nitrogens with zero attached hydrogens (tertiary/aromatic N) is 2. The van der Waals surface area contributed by atoms with Crippen molar-refractivity contribution in [1.29, 1.82) is 0 Å². The maximum absolute atomic E-state index is 14.7. The number of hydrogen-bond donors (Lipinski definition) is 1. The molecule has 7 nitrogen and oxygen atoms in total. The SMILES string of the molecule is CC[C@H](C)NC(=O)[C@H](Cc1ccccc1)N(Cc1ccccc1F)C(=O)CN(c1ccccc1)S(C)(=O)=O. The molecule has 0 radical (unpaired) electrons. The molecule has 0 heterocycles. The van der Waals surface area contributed by atoms with Crippen LogP contribution in [0, 0.1) is 5.82 Å². The first kappa shape index (κ1) is 28.8. The number of para-hydroxylation sites is 1. The third-order valence-corrected chi connectivity index (χ3v) is 7.43. The molecule has 2 atom stereocenters. The van der Waals surface area contributed by atoms with Gasteiger partial charge in [-0.25, -0.2) is 12.8 Å². The Morgan fingerprint density at radius 2 is 1.50 bits per heavy atom. The molecule has 9 heteroatoms. The van der Waals surface area contributed by atoms with Crippen LogP contribution in [-0.4, -0.2) is 50.0 Å². The summed E-state index contributed by atoms with van der Waals surface area (Å²) >= 11 is 0. The predicted octanol–water partition coefficient (Wildman–Crippen LogP) is 4.15. The monoisotopic (exact) mass is 539 g/mol. The molecule has 2 amide bonds. The lowest BCUT2D eigenvalue weighted by Crippen LogP contribution is -2.54. The Kier molecular flexibility index (Phi) is 10.0. The molecule has 0 spiro atoms. The summed E-state index contributed by atoms with van der Waals surface area (Å²) in [7, 11) is -3.84. The number of carbonyl (C=O) groups is 2. The van der Waals surface area contributed by atoms with Crippen molar-refractivity contribution in [2.45, 2.75) is 45.3 Å². The molecule has 0 aliphatic rings. The van der Waals surface area contributed by atoms with E-state index in [0.717, 1.165) is 16.1 Å². The third-order valence-electron chi connectivity index (χ3n) is 6.29. The van der Waals surface area contributed by atoms with Crippen molar-refractivity contribution in [3.63, 3.8) is 0 Å². The van der Waals surface area contributed by atoms with Crippen molar-refractivity contribution >= 4 is 27.5 Å². The molecule has 1 N–H and O–H groups in total. The maximum atomic E-state index is 14.7. The number of benzene rings is 3. The minimum atomic E-state index is -3.84. The Morgan fingerprint density at radius 3 is 2.08 bits per heavy atom. The van der Waals surface area contributed by atoms with E-state index < -0.39 is 40.2 Å². The minimum absolute atomic E-state index is 0.150. The third kappa shape index (κ3) is 7.89. The van der Waals surface area contributed by atoms with Gasteiger partial charge in [0.2, 0.25) is 21.8 Å². The van der Waals surface area contributed by atoms with Gasteiger partial charge in [0, 0.05) is 24.6 Å². The zero-order valence-electron chi connectivity index (χ0n) is 21.9. The number of sulfonamides is 1. The van der Waals surface area contributed by atoms with E-state index in [-0.39, 0.29) is 24.6 Å². The van der Waals surface area contributed by atoms with Gasteiger partial charge in [0.15, 0.2) is 0 Å². The van der Waals surface area contributed by atoms with Gasteiger partial charge in [-0.1, -0.05) is 73.7 Å². The summed E-state index contributed by atoms with van der Waals surface area (Å²) in [6, 6.07) is 22.4. The van der Waals surface area contributed by atoms with Crippen LogP contribution in [0.15, 0.2) is 84.9 Å². The van der Waals surface area contributed by atoms with E-state index in [2.05, 4.69) is 5.32 Å². The van der Waals surface area contributed by atoms with E-state index in [4.69, 9.17) is 0 Å². The largest absolute Gasteiger partial charge is 0.352 e. The van der Waals surface area contributed by atoms with E-state index in [1.165, 1.54) is 11.0 Å². The highest BCUT2D eigenvalue weighted by atomic mass is 32.2. The molecule has 0 bridgehead atoms. The highest BCUT2D eigenvalue weighted by Crippen LogP contribution is 2.21. The van der Waals surface area contributed by atoms with Crippen molar-refractivity contribution in [2.75, 3.05) is 17.1 Å². The summed E-state index contributed by atoms with van der Waals surface area (Å²) in [5, 5.41) is 2.94. The average molecular weight is 540 g/mol. The summed E-state index contributed by atoms with van der Waals surface area (Å²) in [6.45, 7) is 3.05. The van der Waals surface area contributed by atoms with Crippen LogP contribution in [0.2, 0.25) is 0 Å². The van der Waals surface area contributed by atoms with Crippen molar-refractivity contribution < 1.29 is 22.4 Å². The van der Waals surface area contributed by atoms with Crippen LogP contribution in [0.3, 0.4) is 0 Å². The molecular formula is C29H34FN3O4S. The molecule has 3 aromatic carbocycles. The van der Waals surface area contributed by atoms with Gasteiger partial charge in [-0.3, -0.25) is 13.9 Å². The molecule has 0 saturated heterocycles. The quantitative estimate of drug-likeness (QED) is 0.375. The van der Waals surface area contributed by atoms with Crippen LogP contribution in [-0.2, 0) is 32.6 Å². The van der Waals surface area contributed by atoms with Crippen molar-refractivity contribution in [3.05, 3.63) is 102 Å². The summed E-state index contributed by atoms with van der Waals surface area (Å²) in [6.07, 6.45) is 1.88. The smallest absolute Gasteiger partial charge is 0.244 e. The molecule has 0 saturated carbocycles. The lowest BCUT2D eigenvalue weighted by molar-refractivity contribution is -0.140. The van der Waals surface area contributed by atoms with Gasteiger partial charge in [-0.2, -0.15) is 0 Å². The first-order valence-electron chi connectivity index (χ1n) is 12.5. The second-order valence-corrected chi connectivity index (χ2v) is 11.1. The number of amides is 2. The van der Waals surface area contributed by atoms with Crippen molar-refractivity contribution in [2.24, 2.45) is 0 Å². The van der Waals surface area contributed by atoms with Gasteiger partial charge < -0.3 is 10.2 Å². The topological polar surface area (TPSA) is 86.8 Å². The Labute approximate surface area is 224 Å². The summed E-state index contributed by atoms with van der Waals surface area (Å²) in [5.41, 5.74) is 1.35. The second kappa shape index (κ2) is 13.2. The molecule has 0 fully saturated rings. The zero-order valence-corrected chi connectivity index (χ0v) is 22.7. The number of nitrogens with one attached hydrogen (secondary N) is 1. The number of hydrogen-bond acceptors (Lipinski definition) is 4. The van der Waals surface area contributed by atoms with Crippen molar-refractivity contribution in [1.82, 2.24) is 10.2 Å². The van der Waals surface area contributed by atoms with Gasteiger partial charge in [0.1, 0.15) is 18.4 Å². The van der Waals surface area contributed by atoms with Crippen molar-refractivity contribution in [3.8, 4) is 0 Å². The fraction of sp³-hybridized carbons (Fsp3) is 0.310. The van der Waals surface area contributed by atoms with E-state index in [1.54, 1.807) is 48.5 Å². The fourth-order valence-corrected chi connectivity index (χ4v) is 4.86. The Morgan fingerprint density at radius 1 is 0.921 bits per heavy atom. The van der Waals surface area contributed by atoms with Gasteiger partial charge in [0.05, 0.1) is 11.9 Å². The fourth-order valence-electron chi connectivity index (χ4n) is 4.01. The van der Waals surface area contributed by atoms with E-state index in [9.17, 15) is 22.4 Å². The molecule has 3 rings (SSSR count). The number of halogens is 1. The standard InChI is InChI=1S/C29H34FN3O4S/c1-4-22(2)31-29(35)27(19-23-13-7-5-8-14-23)32(20-24-15-11-12-18-26(24)30)28(34)21-33(38(3,36)37)25-16-9-6-10-17-25/h5-18,22,27H,4,19-21H2,1-3H3,(H,31,35)/t22-,27-/m0/s1. The molecular weight excluding hydrogens is 505 g/mol. The highest BCUT2D eigenvalue weighted by molar-refractivity contribution is 7.92. The van der Waals surface area contributed by atoms with Crippen LogP contribution < -0.4 is 9.62 Å². The van der Waals surface area contributed by atoms with Crippen LogP contribution in [0.25, 0.3) is 0 Å². The molecule has 0 aliphatic carbocycles. The first-order chi connectivity index (χ1) is 18.1. The highest BCUT2D eigenvalue weighted by Gasteiger charge is 2.33. The Bertz CT molecular complexity index is 1320. The molecule has 3 aromatic rings. The van der Waals surface area contributed by atoms with Gasteiger partial charge in [-0.05, 0) is 37.1 Å². The lowest BCUT2D eigenvalue weighted by atomic mass is 10.0. The van der Waals surface area contributed by atoms with Crippen LogP contribution in [0.5, 0.6) is 0 Å². The summed E-state index contributed by atoms with van der Waals surface area (Å²) in [5.74, 6) is -1.53. The molecule has 0 aliphatic heterocycles. The Balaban J connectivity index is 2.05. The molecule has 38 heavy (non-hydrogen) atoms. The number of anilines is 1. The second-order valence-electron chi connectivity index (χ2n) is 9.24.